The van der Waals surface area contributed by atoms with Gasteiger partial charge in [-0.3, -0.25) is 0 Å². The van der Waals surface area contributed by atoms with Gasteiger partial charge >= 0.3 is 0 Å². The van der Waals surface area contributed by atoms with Crippen LogP contribution in [0.25, 0.3) is 10.8 Å². The van der Waals surface area contributed by atoms with Crippen molar-refractivity contribution in [1.82, 2.24) is 5.32 Å². The van der Waals surface area contributed by atoms with E-state index in [0.29, 0.717) is 24.4 Å². The Morgan fingerprint density at radius 2 is 1.57 bits per heavy atom. The van der Waals surface area contributed by atoms with Crippen molar-refractivity contribution in [1.29, 1.82) is 0 Å². The molecule has 4 aromatic carbocycles. The summed E-state index contributed by atoms with van der Waals surface area (Å²) in [5.41, 5.74) is 2.38. The summed E-state index contributed by atoms with van der Waals surface area (Å²) in [6.45, 7) is 1.10. The number of hydrogen-bond donors (Lipinski definition) is 2. The lowest BCUT2D eigenvalue weighted by Crippen LogP contribution is -2.21. The molecule has 0 aliphatic carbocycles. The molecule has 0 saturated heterocycles. The molecular formula is C26H24FNO2. The second-order valence-corrected chi connectivity index (χ2v) is 7.20. The van der Waals surface area contributed by atoms with E-state index < -0.39 is 6.10 Å². The van der Waals surface area contributed by atoms with Gasteiger partial charge < -0.3 is 15.2 Å². The Hall–Kier alpha value is -3.21. The van der Waals surface area contributed by atoms with Gasteiger partial charge in [0.05, 0.1) is 6.10 Å². The van der Waals surface area contributed by atoms with Crippen molar-refractivity contribution in [3.63, 3.8) is 0 Å². The summed E-state index contributed by atoms with van der Waals surface area (Å²) in [5.74, 6) is 0.433. The van der Waals surface area contributed by atoms with Gasteiger partial charge in [-0.2, -0.15) is 0 Å². The molecule has 0 aliphatic rings. The number of rotatable bonds is 8. The van der Waals surface area contributed by atoms with Crippen LogP contribution in [0.1, 0.15) is 22.8 Å². The largest absolute Gasteiger partial charge is 0.488 e. The van der Waals surface area contributed by atoms with E-state index in [1.54, 1.807) is 18.2 Å². The second-order valence-electron chi connectivity index (χ2n) is 7.20. The highest BCUT2D eigenvalue weighted by molar-refractivity contribution is 5.87. The lowest BCUT2D eigenvalue weighted by Gasteiger charge is -2.17. The number of aliphatic hydroxyl groups is 1. The fraction of sp³-hybridized carbons (Fsp3) is 0.154. The lowest BCUT2D eigenvalue weighted by atomic mass is 10.0. The Morgan fingerprint density at radius 1 is 0.833 bits per heavy atom. The summed E-state index contributed by atoms with van der Waals surface area (Å²) in [4.78, 5) is 0. The summed E-state index contributed by atoms with van der Waals surface area (Å²) < 4.78 is 20.0. The van der Waals surface area contributed by atoms with Crippen LogP contribution in [-0.2, 0) is 13.2 Å². The Balaban J connectivity index is 1.52. The summed E-state index contributed by atoms with van der Waals surface area (Å²) in [5, 5.41) is 15.9. The molecule has 0 amide bonds. The van der Waals surface area contributed by atoms with E-state index >= 15 is 0 Å². The molecular weight excluding hydrogens is 377 g/mol. The molecule has 4 rings (SSSR count). The first-order valence-corrected chi connectivity index (χ1v) is 10.0. The third-order valence-corrected chi connectivity index (χ3v) is 5.16. The third kappa shape index (κ3) is 4.67. The number of fused-ring (bicyclic) bond motifs is 1. The minimum absolute atomic E-state index is 0.157. The number of hydrogen-bond acceptors (Lipinski definition) is 3. The Kier molecular flexibility index (Phi) is 6.38. The standard InChI is InChI=1S/C26H24FNO2/c27-24-13-7-5-11-21(24)18-30-26-15-14-19-8-4-6-12-22(19)23(26)16-28-17-25(29)20-9-2-1-3-10-20/h1-15,25,28-29H,16-18H2/t25-/m1/s1. The quantitative estimate of drug-likeness (QED) is 0.416. The van der Waals surface area contributed by atoms with Crippen molar-refractivity contribution in [3.05, 3.63) is 114 Å². The molecule has 1 atom stereocenters. The lowest BCUT2D eigenvalue weighted by molar-refractivity contribution is 0.174. The minimum Gasteiger partial charge on any atom is -0.488 e. The predicted molar refractivity (Wildman–Crippen MR) is 118 cm³/mol. The third-order valence-electron chi connectivity index (χ3n) is 5.16. The molecule has 2 N–H and O–H groups in total. The zero-order chi connectivity index (χ0) is 20.8. The maximum absolute atomic E-state index is 14.0. The zero-order valence-electron chi connectivity index (χ0n) is 16.6. The van der Waals surface area contributed by atoms with E-state index in [2.05, 4.69) is 17.4 Å². The number of halogens is 1. The van der Waals surface area contributed by atoms with E-state index in [1.807, 2.05) is 54.6 Å². The molecule has 0 aromatic heterocycles. The van der Waals surface area contributed by atoms with Crippen LogP contribution < -0.4 is 10.1 Å². The molecule has 0 radical (unpaired) electrons. The molecule has 0 unspecified atom stereocenters. The van der Waals surface area contributed by atoms with Gasteiger partial charge in [-0.05, 0) is 28.5 Å². The highest BCUT2D eigenvalue weighted by Crippen LogP contribution is 2.29. The molecule has 152 valence electrons. The summed E-state index contributed by atoms with van der Waals surface area (Å²) >= 11 is 0. The van der Waals surface area contributed by atoms with Crippen LogP contribution in [0, 0.1) is 5.82 Å². The fourth-order valence-corrected chi connectivity index (χ4v) is 3.53. The maximum atomic E-state index is 14.0. The van der Waals surface area contributed by atoms with Crippen LogP contribution in [-0.4, -0.2) is 11.7 Å². The van der Waals surface area contributed by atoms with Crippen LogP contribution in [0.4, 0.5) is 4.39 Å². The monoisotopic (exact) mass is 401 g/mol. The van der Waals surface area contributed by atoms with E-state index in [0.717, 1.165) is 21.9 Å². The molecule has 30 heavy (non-hydrogen) atoms. The first-order chi connectivity index (χ1) is 14.7. The predicted octanol–water partition coefficient (Wildman–Crippen LogP) is 5.38. The Morgan fingerprint density at radius 3 is 2.40 bits per heavy atom. The van der Waals surface area contributed by atoms with Crippen LogP contribution in [0.5, 0.6) is 5.75 Å². The average Bonchev–Trinajstić information content (AvgIpc) is 2.79. The minimum atomic E-state index is -0.594. The van der Waals surface area contributed by atoms with Crippen LogP contribution in [0.3, 0.4) is 0 Å². The van der Waals surface area contributed by atoms with Crippen molar-refractivity contribution in [2.45, 2.75) is 19.3 Å². The SMILES string of the molecule is O[C@H](CNCc1c(OCc2ccccc2F)ccc2ccccc12)c1ccccc1. The fourth-order valence-electron chi connectivity index (χ4n) is 3.53. The van der Waals surface area contributed by atoms with E-state index in [4.69, 9.17) is 4.74 Å². The first kappa shape index (κ1) is 20.1. The van der Waals surface area contributed by atoms with E-state index in [1.165, 1.54) is 6.07 Å². The number of aliphatic hydroxyl groups excluding tert-OH is 1. The van der Waals surface area contributed by atoms with Crippen LogP contribution in [0.2, 0.25) is 0 Å². The molecule has 4 heteroatoms. The van der Waals surface area contributed by atoms with E-state index in [-0.39, 0.29) is 12.4 Å². The smallest absolute Gasteiger partial charge is 0.129 e. The summed E-state index contributed by atoms with van der Waals surface area (Å²) in [6.07, 6.45) is -0.594. The van der Waals surface area contributed by atoms with Gasteiger partial charge in [-0.15, -0.1) is 0 Å². The van der Waals surface area contributed by atoms with Gasteiger partial charge in [-0.1, -0.05) is 78.9 Å². The molecule has 4 aromatic rings. The van der Waals surface area contributed by atoms with Gasteiger partial charge in [0.25, 0.3) is 0 Å². The number of nitrogens with one attached hydrogen (secondary N) is 1. The molecule has 0 saturated carbocycles. The van der Waals surface area contributed by atoms with Gasteiger partial charge in [0.15, 0.2) is 0 Å². The summed E-state index contributed by atoms with van der Waals surface area (Å²) in [7, 11) is 0. The van der Waals surface area contributed by atoms with Crippen molar-refractivity contribution in [2.24, 2.45) is 0 Å². The highest BCUT2D eigenvalue weighted by Gasteiger charge is 2.12. The summed E-state index contributed by atoms with van der Waals surface area (Å²) in [6, 6.07) is 28.2. The molecule has 3 nitrogen and oxygen atoms in total. The average molecular weight is 401 g/mol. The molecule has 0 fully saturated rings. The topological polar surface area (TPSA) is 41.5 Å². The van der Waals surface area contributed by atoms with Crippen molar-refractivity contribution in [3.8, 4) is 5.75 Å². The van der Waals surface area contributed by atoms with Gasteiger partial charge in [0.1, 0.15) is 18.2 Å². The van der Waals surface area contributed by atoms with Gasteiger partial charge in [0, 0.05) is 24.2 Å². The maximum Gasteiger partial charge on any atom is 0.129 e. The van der Waals surface area contributed by atoms with Crippen LogP contribution in [0.15, 0.2) is 91.0 Å². The van der Waals surface area contributed by atoms with E-state index in [9.17, 15) is 9.50 Å². The highest BCUT2D eigenvalue weighted by atomic mass is 19.1. The molecule has 0 heterocycles. The van der Waals surface area contributed by atoms with Crippen molar-refractivity contribution < 1.29 is 14.2 Å². The van der Waals surface area contributed by atoms with Crippen molar-refractivity contribution >= 4 is 10.8 Å². The molecule has 0 aliphatic heterocycles. The normalized spacial score (nSPS) is 12.1. The molecule has 0 spiro atoms. The van der Waals surface area contributed by atoms with Gasteiger partial charge in [-0.25, -0.2) is 4.39 Å². The zero-order valence-corrected chi connectivity index (χ0v) is 16.6. The van der Waals surface area contributed by atoms with Crippen LogP contribution >= 0.6 is 0 Å². The Labute approximate surface area is 175 Å². The number of ether oxygens (including phenoxy) is 1. The van der Waals surface area contributed by atoms with Crippen molar-refractivity contribution in [2.75, 3.05) is 6.54 Å². The second kappa shape index (κ2) is 9.53. The number of benzene rings is 4. The van der Waals surface area contributed by atoms with Gasteiger partial charge in [0.2, 0.25) is 0 Å². The molecule has 0 bridgehead atoms. The Bertz CT molecular complexity index is 1110. The first-order valence-electron chi connectivity index (χ1n) is 10.0.